The summed E-state index contributed by atoms with van der Waals surface area (Å²) < 4.78 is 0. The Balaban J connectivity index is 2.97. The summed E-state index contributed by atoms with van der Waals surface area (Å²) in [5, 5.41) is 2.69. The van der Waals surface area contributed by atoms with Crippen LogP contribution in [0.3, 0.4) is 0 Å². The number of anilines is 1. The lowest BCUT2D eigenvalue weighted by atomic mass is 10.2. The van der Waals surface area contributed by atoms with E-state index in [1.165, 1.54) is 6.08 Å². The molecule has 0 heterocycles. The molecule has 15 heavy (non-hydrogen) atoms. The number of isocyanates is 1. The topological polar surface area (TPSA) is 58.5 Å². The van der Waals surface area contributed by atoms with E-state index < -0.39 is 0 Å². The van der Waals surface area contributed by atoms with E-state index in [4.69, 9.17) is 0 Å². The van der Waals surface area contributed by atoms with Crippen molar-refractivity contribution in [2.24, 2.45) is 4.99 Å². The summed E-state index contributed by atoms with van der Waals surface area (Å²) in [4.78, 5) is 24.8. The second-order valence-electron chi connectivity index (χ2n) is 3.11. The maximum atomic E-state index is 11.1. The molecule has 1 amide bonds. The molecule has 0 aliphatic heterocycles. The number of nitrogens with one attached hydrogen (secondary N) is 1. The molecule has 0 atom stereocenters. The Morgan fingerprint density at radius 1 is 1.53 bits per heavy atom. The van der Waals surface area contributed by atoms with Crippen molar-refractivity contribution < 1.29 is 9.59 Å². The molecule has 0 spiro atoms. The van der Waals surface area contributed by atoms with Gasteiger partial charge in [-0.25, -0.2) is 4.79 Å². The molecule has 1 aromatic rings. The van der Waals surface area contributed by atoms with E-state index in [0.29, 0.717) is 17.8 Å². The summed E-state index contributed by atoms with van der Waals surface area (Å²) in [6.07, 6.45) is 1.90. The second-order valence-corrected chi connectivity index (χ2v) is 3.11. The van der Waals surface area contributed by atoms with Gasteiger partial charge in [-0.2, -0.15) is 4.99 Å². The molecule has 0 saturated carbocycles. The highest BCUT2D eigenvalue weighted by Gasteiger charge is 2.02. The molecule has 4 heteroatoms. The highest BCUT2D eigenvalue weighted by molar-refractivity contribution is 5.91. The van der Waals surface area contributed by atoms with E-state index in [1.807, 2.05) is 6.92 Å². The Labute approximate surface area is 88.0 Å². The Bertz CT molecular complexity index is 421. The van der Waals surface area contributed by atoms with Crippen molar-refractivity contribution in [2.45, 2.75) is 20.3 Å². The lowest BCUT2D eigenvalue weighted by Crippen LogP contribution is -2.09. The van der Waals surface area contributed by atoms with E-state index in [-0.39, 0.29) is 5.91 Å². The number of aliphatic imine (C=N–C) groups is 1. The van der Waals surface area contributed by atoms with Gasteiger partial charge in [0, 0.05) is 12.1 Å². The summed E-state index contributed by atoms with van der Waals surface area (Å²) in [6, 6.07) is 5.21. The van der Waals surface area contributed by atoms with Crippen LogP contribution >= 0.6 is 0 Å². The Morgan fingerprint density at radius 2 is 2.27 bits per heavy atom. The molecule has 0 bridgehead atoms. The highest BCUT2D eigenvalue weighted by Crippen LogP contribution is 2.22. The smallest absolute Gasteiger partial charge is 0.240 e. The van der Waals surface area contributed by atoms with Gasteiger partial charge >= 0.3 is 0 Å². The standard InChI is InChI=1S/C11H12N2O2/c1-3-11(15)13-9-5-4-8(2)10(6-9)12-7-14/h4-6H,3H2,1-2H3,(H,13,15). The fraction of sp³-hybridized carbons (Fsp3) is 0.273. The lowest BCUT2D eigenvalue weighted by Gasteiger charge is -2.05. The molecule has 0 saturated heterocycles. The van der Waals surface area contributed by atoms with Crippen molar-refractivity contribution in [3.8, 4) is 0 Å². The number of aryl methyl sites for hydroxylation is 1. The van der Waals surface area contributed by atoms with Gasteiger partial charge in [-0.1, -0.05) is 13.0 Å². The molecule has 1 rings (SSSR count). The lowest BCUT2D eigenvalue weighted by molar-refractivity contribution is -0.115. The number of benzene rings is 1. The molecule has 0 aromatic heterocycles. The van der Waals surface area contributed by atoms with Crippen LogP contribution in [0.1, 0.15) is 18.9 Å². The monoisotopic (exact) mass is 204 g/mol. The zero-order valence-corrected chi connectivity index (χ0v) is 8.70. The van der Waals surface area contributed by atoms with Crippen LogP contribution in [0.5, 0.6) is 0 Å². The number of rotatable bonds is 3. The van der Waals surface area contributed by atoms with Crippen LogP contribution in [0.2, 0.25) is 0 Å². The molecule has 4 nitrogen and oxygen atoms in total. The first kappa shape index (κ1) is 11.1. The van der Waals surface area contributed by atoms with Crippen LogP contribution in [-0.4, -0.2) is 12.0 Å². The number of amides is 1. The van der Waals surface area contributed by atoms with Crippen LogP contribution in [-0.2, 0) is 9.59 Å². The largest absolute Gasteiger partial charge is 0.326 e. The minimum Gasteiger partial charge on any atom is -0.326 e. The van der Waals surface area contributed by atoms with Crippen molar-refractivity contribution in [1.29, 1.82) is 0 Å². The first-order valence-corrected chi connectivity index (χ1v) is 4.65. The quantitative estimate of drug-likeness (QED) is 0.606. The Hall–Kier alpha value is -1.93. The molecule has 0 fully saturated rings. The number of nitrogens with zero attached hydrogens (tertiary/aromatic N) is 1. The minimum absolute atomic E-state index is 0.0696. The molecule has 1 N–H and O–H groups in total. The van der Waals surface area contributed by atoms with E-state index in [0.717, 1.165) is 5.56 Å². The fourth-order valence-electron chi connectivity index (χ4n) is 1.11. The summed E-state index contributed by atoms with van der Waals surface area (Å²) in [6.45, 7) is 3.61. The third-order valence-corrected chi connectivity index (χ3v) is 1.98. The minimum atomic E-state index is -0.0696. The predicted octanol–water partition coefficient (Wildman–Crippen LogP) is 2.31. The van der Waals surface area contributed by atoms with Crippen LogP contribution in [0, 0.1) is 6.92 Å². The Morgan fingerprint density at radius 3 is 2.87 bits per heavy atom. The summed E-state index contributed by atoms with van der Waals surface area (Å²) in [5.74, 6) is -0.0696. The maximum absolute atomic E-state index is 11.1. The number of hydrogen-bond acceptors (Lipinski definition) is 3. The van der Waals surface area contributed by atoms with Crippen molar-refractivity contribution in [3.05, 3.63) is 23.8 Å². The van der Waals surface area contributed by atoms with Crippen LogP contribution in [0.25, 0.3) is 0 Å². The van der Waals surface area contributed by atoms with Gasteiger partial charge in [-0.3, -0.25) is 4.79 Å². The second kappa shape index (κ2) is 5.08. The third kappa shape index (κ3) is 3.04. The van der Waals surface area contributed by atoms with Gasteiger partial charge in [0.2, 0.25) is 12.0 Å². The first-order chi connectivity index (χ1) is 7.17. The molecule has 1 aromatic carbocycles. The number of carbonyl (C=O) groups is 1. The summed E-state index contributed by atoms with van der Waals surface area (Å²) in [5.41, 5.74) is 2.04. The maximum Gasteiger partial charge on any atom is 0.240 e. The van der Waals surface area contributed by atoms with E-state index in [9.17, 15) is 9.59 Å². The fourth-order valence-corrected chi connectivity index (χ4v) is 1.11. The SMILES string of the molecule is CCC(=O)Nc1ccc(C)c(N=C=O)c1. The van der Waals surface area contributed by atoms with Gasteiger partial charge in [0.25, 0.3) is 0 Å². The van der Waals surface area contributed by atoms with Gasteiger partial charge in [0.15, 0.2) is 0 Å². The average Bonchev–Trinajstić information content (AvgIpc) is 2.23. The molecule has 78 valence electrons. The van der Waals surface area contributed by atoms with Crippen LogP contribution < -0.4 is 5.32 Å². The van der Waals surface area contributed by atoms with E-state index in [2.05, 4.69) is 10.3 Å². The molecule has 0 unspecified atom stereocenters. The highest BCUT2D eigenvalue weighted by atomic mass is 16.1. The van der Waals surface area contributed by atoms with Gasteiger partial charge in [0.05, 0.1) is 5.69 Å². The zero-order valence-electron chi connectivity index (χ0n) is 8.70. The van der Waals surface area contributed by atoms with Crippen LogP contribution in [0.15, 0.2) is 23.2 Å². The summed E-state index contributed by atoms with van der Waals surface area (Å²) in [7, 11) is 0. The normalized spacial score (nSPS) is 9.20. The van der Waals surface area contributed by atoms with Gasteiger partial charge < -0.3 is 5.32 Å². The van der Waals surface area contributed by atoms with E-state index >= 15 is 0 Å². The zero-order chi connectivity index (χ0) is 11.3. The van der Waals surface area contributed by atoms with E-state index in [1.54, 1.807) is 25.1 Å². The van der Waals surface area contributed by atoms with Crippen molar-refractivity contribution in [3.63, 3.8) is 0 Å². The molecule has 0 aliphatic rings. The predicted molar refractivity (Wildman–Crippen MR) is 57.9 cm³/mol. The number of hydrogen-bond donors (Lipinski definition) is 1. The molecule has 0 aliphatic carbocycles. The molecule has 0 radical (unpaired) electrons. The number of carbonyl (C=O) groups excluding carboxylic acids is 2. The van der Waals surface area contributed by atoms with Gasteiger partial charge in [0.1, 0.15) is 0 Å². The molecular formula is C11H12N2O2. The van der Waals surface area contributed by atoms with Crippen molar-refractivity contribution in [1.82, 2.24) is 0 Å². The average molecular weight is 204 g/mol. The summed E-state index contributed by atoms with van der Waals surface area (Å²) >= 11 is 0. The van der Waals surface area contributed by atoms with Crippen molar-refractivity contribution >= 4 is 23.4 Å². The van der Waals surface area contributed by atoms with Gasteiger partial charge in [-0.05, 0) is 24.6 Å². The van der Waals surface area contributed by atoms with Gasteiger partial charge in [-0.15, -0.1) is 0 Å². The molecular weight excluding hydrogens is 192 g/mol. The Kier molecular flexibility index (Phi) is 3.77. The first-order valence-electron chi connectivity index (χ1n) is 4.65. The van der Waals surface area contributed by atoms with Crippen molar-refractivity contribution in [2.75, 3.05) is 5.32 Å². The third-order valence-electron chi connectivity index (χ3n) is 1.98. The van der Waals surface area contributed by atoms with Crippen LogP contribution in [0.4, 0.5) is 11.4 Å².